The molecule has 1 fully saturated rings. The summed E-state index contributed by atoms with van der Waals surface area (Å²) in [6.45, 7) is 6.65. The zero-order valence-electron chi connectivity index (χ0n) is 17.9. The van der Waals surface area contributed by atoms with Crippen LogP contribution in [0.2, 0.25) is 0 Å². The predicted molar refractivity (Wildman–Crippen MR) is 115 cm³/mol. The minimum Gasteiger partial charge on any atom is -0.508 e. The summed E-state index contributed by atoms with van der Waals surface area (Å²) in [6.07, 6.45) is 0.657. The van der Waals surface area contributed by atoms with Gasteiger partial charge >= 0.3 is 6.09 Å². The number of hydrogen-bond acceptors (Lipinski definition) is 4. The summed E-state index contributed by atoms with van der Waals surface area (Å²) in [5.41, 5.74) is 0.313. The van der Waals surface area contributed by atoms with Crippen molar-refractivity contribution < 1.29 is 19.4 Å². The van der Waals surface area contributed by atoms with Gasteiger partial charge in [0.2, 0.25) is 5.91 Å². The summed E-state index contributed by atoms with van der Waals surface area (Å²) in [4.78, 5) is 27.5. The number of phenols is 1. The zero-order chi connectivity index (χ0) is 21.8. The molecule has 3 rings (SSSR count). The smallest absolute Gasteiger partial charge is 0.410 e. The highest BCUT2D eigenvalue weighted by Crippen LogP contribution is 2.36. The Morgan fingerprint density at radius 3 is 2.23 bits per heavy atom. The first-order valence-electron chi connectivity index (χ1n) is 10.3. The molecule has 2 aromatic rings. The SMILES string of the molecule is CC(C)(C)OC(=O)N1CCC(C(=O)NCc2ccccc2O)(c2ccccc2)CC1. The predicted octanol–water partition coefficient (Wildman–Crippen LogP) is 3.98. The van der Waals surface area contributed by atoms with Crippen molar-refractivity contribution in [3.8, 4) is 5.75 Å². The number of nitrogens with zero attached hydrogens (tertiary/aromatic N) is 1. The van der Waals surface area contributed by atoms with Crippen LogP contribution in [0.5, 0.6) is 5.75 Å². The van der Waals surface area contributed by atoms with Gasteiger partial charge in [0, 0.05) is 25.2 Å². The first-order valence-corrected chi connectivity index (χ1v) is 10.3. The van der Waals surface area contributed by atoms with E-state index in [0.717, 1.165) is 5.56 Å². The molecule has 2 amide bonds. The van der Waals surface area contributed by atoms with Crippen LogP contribution in [0.3, 0.4) is 0 Å². The minimum atomic E-state index is -0.732. The average molecular weight is 411 g/mol. The summed E-state index contributed by atoms with van der Waals surface area (Å²) in [6, 6.07) is 16.7. The number of likely N-dealkylation sites (tertiary alicyclic amines) is 1. The lowest BCUT2D eigenvalue weighted by atomic mass is 9.72. The molecule has 0 aliphatic carbocycles. The second-order valence-corrected chi connectivity index (χ2v) is 8.73. The second kappa shape index (κ2) is 8.78. The number of ether oxygens (including phenoxy) is 1. The highest BCUT2D eigenvalue weighted by molar-refractivity contribution is 5.88. The van der Waals surface area contributed by atoms with E-state index in [1.165, 1.54) is 0 Å². The summed E-state index contributed by atoms with van der Waals surface area (Å²) < 4.78 is 5.49. The molecule has 1 saturated heterocycles. The van der Waals surface area contributed by atoms with Gasteiger partial charge in [0.05, 0.1) is 5.41 Å². The summed E-state index contributed by atoms with van der Waals surface area (Å²) >= 11 is 0. The van der Waals surface area contributed by atoms with Crippen molar-refractivity contribution in [2.75, 3.05) is 13.1 Å². The number of nitrogens with one attached hydrogen (secondary N) is 1. The molecule has 0 radical (unpaired) electrons. The summed E-state index contributed by atoms with van der Waals surface area (Å²) in [7, 11) is 0. The fourth-order valence-corrected chi connectivity index (χ4v) is 3.81. The fourth-order valence-electron chi connectivity index (χ4n) is 3.81. The molecule has 0 atom stereocenters. The van der Waals surface area contributed by atoms with Gasteiger partial charge in [-0.25, -0.2) is 4.79 Å². The molecular weight excluding hydrogens is 380 g/mol. The molecule has 0 unspecified atom stereocenters. The number of para-hydroxylation sites is 1. The average Bonchev–Trinajstić information content (AvgIpc) is 2.72. The molecule has 6 nitrogen and oxygen atoms in total. The molecule has 0 saturated carbocycles. The van der Waals surface area contributed by atoms with E-state index in [-0.39, 0.29) is 24.3 Å². The van der Waals surface area contributed by atoms with Crippen LogP contribution in [0, 0.1) is 0 Å². The van der Waals surface area contributed by atoms with Crippen LogP contribution >= 0.6 is 0 Å². The summed E-state index contributed by atoms with van der Waals surface area (Å²) in [5, 5.41) is 13.0. The Morgan fingerprint density at radius 1 is 1.03 bits per heavy atom. The topological polar surface area (TPSA) is 78.9 Å². The van der Waals surface area contributed by atoms with Gasteiger partial charge in [-0.15, -0.1) is 0 Å². The van der Waals surface area contributed by atoms with E-state index in [9.17, 15) is 14.7 Å². The van der Waals surface area contributed by atoms with Crippen molar-refractivity contribution in [3.05, 3.63) is 65.7 Å². The monoisotopic (exact) mass is 410 g/mol. The number of aromatic hydroxyl groups is 1. The molecule has 6 heteroatoms. The maximum Gasteiger partial charge on any atom is 0.410 e. The number of hydrogen-bond donors (Lipinski definition) is 2. The first-order chi connectivity index (χ1) is 14.2. The number of amides is 2. The molecule has 0 bridgehead atoms. The molecule has 160 valence electrons. The summed E-state index contributed by atoms with van der Waals surface area (Å²) in [5.74, 6) is 0.0621. The van der Waals surface area contributed by atoms with Gasteiger partial charge in [-0.05, 0) is 45.2 Å². The van der Waals surface area contributed by atoms with Gasteiger partial charge in [0.15, 0.2) is 0 Å². The number of piperidine rings is 1. The molecule has 2 aromatic carbocycles. The van der Waals surface area contributed by atoms with Crippen molar-refractivity contribution in [1.82, 2.24) is 10.2 Å². The maximum absolute atomic E-state index is 13.4. The van der Waals surface area contributed by atoms with E-state index in [1.807, 2.05) is 57.2 Å². The van der Waals surface area contributed by atoms with Gasteiger partial charge in [0.1, 0.15) is 11.4 Å². The Morgan fingerprint density at radius 2 is 1.63 bits per heavy atom. The number of phenolic OH excluding ortho intramolecular Hbond substituents is 1. The zero-order valence-corrected chi connectivity index (χ0v) is 17.9. The fraction of sp³-hybridized carbons (Fsp3) is 0.417. The van der Waals surface area contributed by atoms with E-state index in [2.05, 4.69) is 5.32 Å². The van der Waals surface area contributed by atoms with Gasteiger partial charge in [-0.3, -0.25) is 4.79 Å². The molecule has 2 N–H and O–H groups in total. The van der Waals surface area contributed by atoms with Gasteiger partial charge in [-0.2, -0.15) is 0 Å². The Labute approximate surface area is 177 Å². The van der Waals surface area contributed by atoms with Crippen LogP contribution in [-0.4, -0.2) is 40.7 Å². The Kier molecular flexibility index (Phi) is 6.34. The number of carbonyl (C=O) groups is 2. The Balaban J connectivity index is 1.76. The quantitative estimate of drug-likeness (QED) is 0.799. The lowest BCUT2D eigenvalue weighted by Gasteiger charge is -2.41. The molecule has 0 aromatic heterocycles. The first kappa shape index (κ1) is 21.7. The molecule has 0 spiro atoms. The van der Waals surface area contributed by atoms with Crippen LogP contribution in [0.1, 0.15) is 44.7 Å². The largest absolute Gasteiger partial charge is 0.508 e. The van der Waals surface area contributed by atoms with Crippen LogP contribution < -0.4 is 5.32 Å². The lowest BCUT2D eigenvalue weighted by Crippen LogP contribution is -2.53. The highest BCUT2D eigenvalue weighted by atomic mass is 16.6. The van der Waals surface area contributed by atoms with Crippen LogP contribution in [0.4, 0.5) is 4.79 Å². The van der Waals surface area contributed by atoms with Crippen molar-refractivity contribution in [2.45, 2.75) is 51.2 Å². The van der Waals surface area contributed by atoms with Crippen LogP contribution in [-0.2, 0) is 21.5 Å². The standard InChI is InChI=1S/C24H30N2O4/c1-23(2,3)30-22(29)26-15-13-24(14-16-26,19-10-5-4-6-11-19)21(28)25-17-18-9-7-8-12-20(18)27/h4-12,27H,13-17H2,1-3H3,(H,25,28). The van der Waals surface area contributed by atoms with Crippen molar-refractivity contribution >= 4 is 12.0 Å². The van der Waals surface area contributed by atoms with Crippen molar-refractivity contribution in [3.63, 3.8) is 0 Å². The lowest BCUT2D eigenvalue weighted by molar-refractivity contribution is -0.128. The highest BCUT2D eigenvalue weighted by Gasteiger charge is 2.44. The minimum absolute atomic E-state index is 0.0965. The van der Waals surface area contributed by atoms with E-state index >= 15 is 0 Å². The molecule has 1 heterocycles. The van der Waals surface area contributed by atoms with Crippen molar-refractivity contribution in [1.29, 1.82) is 0 Å². The van der Waals surface area contributed by atoms with Gasteiger partial charge in [0.25, 0.3) is 0 Å². The molecule has 1 aliphatic rings. The maximum atomic E-state index is 13.4. The van der Waals surface area contributed by atoms with E-state index in [4.69, 9.17) is 4.74 Å². The van der Waals surface area contributed by atoms with Crippen LogP contribution in [0.25, 0.3) is 0 Å². The molecule has 30 heavy (non-hydrogen) atoms. The van der Waals surface area contributed by atoms with Crippen molar-refractivity contribution in [2.24, 2.45) is 0 Å². The molecule has 1 aliphatic heterocycles. The third-order valence-electron chi connectivity index (χ3n) is 5.46. The third-order valence-corrected chi connectivity index (χ3v) is 5.46. The van der Waals surface area contributed by atoms with Gasteiger partial charge in [-0.1, -0.05) is 48.5 Å². The van der Waals surface area contributed by atoms with Crippen LogP contribution in [0.15, 0.2) is 54.6 Å². The van der Waals surface area contributed by atoms with E-state index < -0.39 is 11.0 Å². The van der Waals surface area contributed by atoms with Gasteiger partial charge < -0.3 is 20.1 Å². The van der Waals surface area contributed by atoms with E-state index in [1.54, 1.807) is 23.1 Å². The number of rotatable bonds is 4. The Bertz CT molecular complexity index is 882. The Hall–Kier alpha value is -3.02. The second-order valence-electron chi connectivity index (χ2n) is 8.73. The molecular formula is C24H30N2O4. The third kappa shape index (κ3) is 4.93. The normalized spacial score (nSPS) is 16.0. The van der Waals surface area contributed by atoms with E-state index in [0.29, 0.717) is 31.5 Å². The number of carbonyl (C=O) groups excluding carboxylic acids is 2. The number of benzene rings is 2.